The number of benzene rings is 1. The number of nitrogens with one attached hydrogen (secondary N) is 1. The van der Waals surface area contributed by atoms with Gasteiger partial charge in [0.05, 0.1) is 18.9 Å². The Morgan fingerprint density at radius 1 is 1.13 bits per heavy atom. The Labute approximate surface area is 136 Å². The summed E-state index contributed by atoms with van der Waals surface area (Å²) in [5, 5.41) is 12.0. The first kappa shape index (κ1) is 15.9. The van der Waals surface area contributed by atoms with Crippen LogP contribution in [-0.4, -0.2) is 54.5 Å². The molecule has 0 bridgehead atoms. The molecule has 0 amide bonds. The summed E-state index contributed by atoms with van der Waals surface area (Å²) in [5.41, 5.74) is 8.77. The van der Waals surface area contributed by atoms with E-state index in [1.807, 2.05) is 36.4 Å². The van der Waals surface area contributed by atoms with Crippen LogP contribution in [0.2, 0.25) is 0 Å². The molecule has 1 saturated heterocycles. The minimum atomic E-state index is 0.440. The minimum Gasteiger partial charge on any atom is -0.379 e. The number of hydrogen-bond donors (Lipinski definition) is 2. The quantitative estimate of drug-likeness (QED) is 0.838. The van der Waals surface area contributed by atoms with Crippen molar-refractivity contribution in [3.8, 4) is 11.3 Å². The topological polar surface area (TPSA) is 76.3 Å². The molecule has 0 unspecified atom stereocenters. The van der Waals surface area contributed by atoms with Crippen molar-refractivity contribution in [1.82, 2.24) is 15.1 Å². The van der Waals surface area contributed by atoms with Crippen molar-refractivity contribution < 1.29 is 4.74 Å². The average Bonchev–Trinajstić information content (AvgIpc) is 2.63. The van der Waals surface area contributed by atoms with Crippen LogP contribution in [0.25, 0.3) is 11.3 Å². The normalized spacial score (nSPS) is 15.5. The molecule has 0 atom stereocenters. The summed E-state index contributed by atoms with van der Waals surface area (Å²) < 4.78 is 5.36. The molecule has 3 rings (SSSR count). The number of morpholine rings is 1. The molecule has 1 aromatic heterocycles. The Hall–Kier alpha value is -2.02. The highest BCUT2D eigenvalue weighted by atomic mass is 16.5. The van der Waals surface area contributed by atoms with Gasteiger partial charge in [-0.1, -0.05) is 30.3 Å². The molecular formula is C17H23N5O. The second kappa shape index (κ2) is 8.01. The van der Waals surface area contributed by atoms with Crippen LogP contribution in [0.1, 0.15) is 5.56 Å². The first-order valence-corrected chi connectivity index (χ1v) is 8.03. The van der Waals surface area contributed by atoms with Crippen molar-refractivity contribution in [3.63, 3.8) is 0 Å². The molecule has 1 aliphatic heterocycles. The Balaban J connectivity index is 1.63. The summed E-state index contributed by atoms with van der Waals surface area (Å²) in [4.78, 5) is 2.38. The minimum absolute atomic E-state index is 0.440. The summed E-state index contributed by atoms with van der Waals surface area (Å²) in [6.45, 7) is 5.85. The van der Waals surface area contributed by atoms with Crippen LogP contribution in [0, 0.1) is 0 Å². The fourth-order valence-electron chi connectivity index (χ4n) is 2.64. The van der Waals surface area contributed by atoms with Crippen LogP contribution in [-0.2, 0) is 11.3 Å². The predicted octanol–water partition coefficient (Wildman–Crippen LogP) is 1.35. The van der Waals surface area contributed by atoms with E-state index in [1.54, 1.807) is 0 Å². The Morgan fingerprint density at radius 3 is 2.65 bits per heavy atom. The smallest absolute Gasteiger partial charge is 0.153 e. The molecule has 1 aliphatic rings. The van der Waals surface area contributed by atoms with Gasteiger partial charge in [0.15, 0.2) is 5.82 Å². The van der Waals surface area contributed by atoms with Crippen LogP contribution in [0.5, 0.6) is 0 Å². The molecule has 6 heteroatoms. The summed E-state index contributed by atoms with van der Waals surface area (Å²) in [5.74, 6) is 0.778. The lowest BCUT2D eigenvalue weighted by Crippen LogP contribution is -2.39. The lowest BCUT2D eigenvalue weighted by Gasteiger charge is -2.26. The molecule has 23 heavy (non-hydrogen) atoms. The average molecular weight is 313 g/mol. The third-order valence-corrected chi connectivity index (χ3v) is 3.99. The van der Waals surface area contributed by atoms with E-state index in [-0.39, 0.29) is 0 Å². The molecular weight excluding hydrogens is 290 g/mol. The van der Waals surface area contributed by atoms with Gasteiger partial charge in [-0.3, -0.25) is 4.90 Å². The summed E-state index contributed by atoms with van der Waals surface area (Å²) in [6.07, 6.45) is 0. The van der Waals surface area contributed by atoms with E-state index >= 15 is 0 Å². The zero-order valence-electron chi connectivity index (χ0n) is 13.2. The number of rotatable bonds is 6. The maximum absolute atomic E-state index is 5.88. The molecule has 122 valence electrons. The molecule has 2 heterocycles. The lowest BCUT2D eigenvalue weighted by atomic mass is 10.1. The molecule has 0 saturated carbocycles. The maximum Gasteiger partial charge on any atom is 0.153 e. The van der Waals surface area contributed by atoms with Crippen molar-refractivity contribution >= 4 is 5.82 Å². The second-order valence-electron chi connectivity index (χ2n) is 5.55. The zero-order chi connectivity index (χ0) is 15.9. The van der Waals surface area contributed by atoms with Crippen LogP contribution < -0.4 is 11.1 Å². The van der Waals surface area contributed by atoms with Crippen LogP contribution in [0.4, 0.5) is 5.82 Å². The fourth-order valence-corrected chi connectivity index (χ4v) is 2.64. The van der Waals surface area contributed by atoms with Gasteiger partial charge in [-0.15, -0.1) is 10.2 Å². The Bertz CT molecular complexity index is 614. The lowest BCUT2D eigenvalue weighted by molar-refractivity contribution is 0.0398. The maximum atomic E-state index is 5.88. The summed E-state index contributed by atoms with van der Waals surface area (Å²) in [6, 6.07) is 12.0. The largest absolute Gasteiger partial charge is 0.379 e. The van der Waals surface area contributed by atoms with Gasteiger partial charge in [0, 0.05) is 43.9 Å². The van der Waals surface area contributed by atoms with E-state index < -0.39 is 0 Å². The number of hydrogen-bond acceptors (Lipinski definition) is 6. The SMILES string of the molecule is NCc1cc(-c2ccccc2)nnc1NCCN1CCOCC1. The number of aromatic nitrogens is 2. The van der Waals surface area contributed by atoms with Crippen molar-refractivity contribution in [1.29, 1.82) is 0 Å². The summed E-state index contributed by atoms with van der Waals surface area (Å²) in [7, 11) is 0. The highest BCUT2D eigenvalue weighted by Crippen LogP contribution is 2.20. The Morgan fingerprint density at radius 2 is 1.91 bits per heavy atom. The van der Waals surface area contributed by atoms with Crippen LogP contribution >= 0.6 is 0 Å². The van der Waals surface area contributed by atoms with Crippen molar-refractivity contribution in [2.45, 2.75) is 6.54 Å². The van der Waals surface area contributed by atoms with Crippen LogP contribution in [0.15, 0.2) is 36.4 Å². The highest BCUT2D eigenvalue weighted by Gasteiger charge is 2.11. The Kier molecular flexibility index (Phi) is 5.52. The first-order valence-electron chi connectivity index (χ1n) is 8.03. The van der Waals surface area contributed by atoms with Gasteiger partial charge in [-0.25, -0.2) is 0 Å². The van der Waals surface area contributed by atoms with Crippen molar-refractivity contribution in [2.75, 3.05) is 44.7 Å². The van der Waals surface area contributed by atoms with Gasteiger partial charge in [0.2, 0.25) is 0 Å². The van der Waals surface area contributed by atoms with E-state index in [2.05, 4.69) is 20.4 Å². The molecule has 3 N–H and O–H groups in total. The predicted molar refractivity (Wildman–Crippen MR) is 91.1 cm³/mol. The highest BCUT2D eigenvalue weighted by molar-refractivity contribution is 5.61. The van der Waals surface area contributed by atoms with E-state index in [1.165, 1.54) is 0 Å². The number of ether oxygens (including phenoxy) is 1. The number of anilines is 1. The van der Waals surface area contributed by atoms with E-state index in [0.29, 0.717) is 6.54 Å². The molecule has 2 aromatic rings. The van der Waals surface area contributed by atoms with Gasteiger partial charge < -0.3 is 15.8 Å². The van der Waals surface area contributed by atoms with E-state index in [0.717, 1.165) is 62.0 Å². The van der Waals surface area contributed by atoms with Gasteiger partial charge in [0.1, 0.15) is 0 Å². The monoisotopic (exact) mass is 313 g/mol. The van der Waals surface area contributed by atoms with E-state index in [4.69, 9.17) is 10.5 Å². The molecule has 0 radical (unpaired) electrons. The third kappa shape index (κ3) is 4.25. The fraction of sp³-hybridized carbons (Fsp3) is 0.412. The molecule has 0 spiro atoms. The number of nitrogens with zero attached hydrogens (tertiary/aromatic N) is 3. The van der Waals surface area contributed by atoms with Gasteiger partial charge >= 0.3 is 0 Å². The third-order valence-electron chi connectivity index (χ3n) is 3.99. The first-order chi connectivity index (χ1) is 11.4. The summed E-state index contributed by atoms with van der Waals surface area (Å²) >= 11 is 0. The van der Waals surface area contributed by atoms with Crippen molar-refractivity contribution in [2.24, 2.45) is 5.73 Å². The zero-order valence-corrected chi connectivity index (χ0v) is 13.2. The molecule has 1 aromatic carbocycles. The van der Waals surface area contributed by atoms with Gasteiger partial charge in [0.25, 0.3) is 0 Å². The second-order valence-corrected chi connectivity index (χ2v) is 5.55. The van der Waals surface area contributed by atoms with Crippen LogP contribution in [0.3, 0.4) is 0 Å². The standard InChI is InChI=1S/C17H23N5O/c18-13-15-12-16(14-4-2-1-3-5-14)20-21-17(15)19-6-7-22-8-10-23-11-9-22/h1-5,12H,6-11,13,18H2,(H,19,21). The van der Waals surface area contributed by atoms with E-state index in [9.17, 15) is 0 Å². The molecule has 1 fully saturated rings. The molecule has 0 aliphatic carbocycles. The van der Waals surface area contributed by atoms with Gasteiger partial charge in [-0.05, 0) is 6.07 Å². The number of nitrogens with two attached hydrogens (primary N) is 1. The van der Waals surface area contributed by atoms with Gasteiger partial charge in [-0.2, -0.15) is 0 Å². The van der Waals surface area contributed by atoms with Crippen molar-refractivity contribution in [3.05, 3.63) is 42.0 Å². The molecule has 6 nitrogen and oxygen atoms in total.